The Kier molecular flexibility index (Phi) is 6.06. The van der Waals surface area contributed by atoms with Gasteiger partial charge >= 0.3 is 5.97 Å². The minimum atomic E-state index is -0.303. The molecule has 0 aromatic heterocycles. The number of esters is 1. The van der Waals surface area contributed by atoms with Crippen molar-refractivity contribution < 1.29 is 14.3 Å². The summed E-state index contributed by atoms with van der Waals surface area (Å²) in [7, 11) is 1.35. The summed E-state index contributed by atoms with van der Waals surface area (Å²) in [5.41, 5.74) is 2.14. The van der Waals surface area contributed by atoms with Crippen molar-refractivity contribution >= 4 is 11.9 Å². The number of rotatable bonds is 6. The standard InChI is InChI=1S/C15H21NO3/c1-4-13(10-15(18)19-3)16-14(17)9-12-7-5-11(2)6-8-12/h5-8,13H,4,9-10H2,1-3H3,(H,16,17). The maximum Gasteiger partial charge on any atom is 0.307 e. The van der Waals surface area contributed by atoms with Crippen LogP contribution < -0.4 is 5.32 Å². The number of hydrogen-bond acceptors (Lipinski definition) is 3. The van der Waals surface area contributed by atoms with Crippen molar-refractivity contribution in [1.82, 2.24) is 5.32 Å². The van der Waals surface area contributed by atoms with Crippen molar-refractivity contribution in [2.45, 2.75) is 39.2 Å². The van der Waals surface area contributed by atoms with E-state index in [0.717, 1.165) is 5.56 Å². The first-order chi connectivity index (χ1) is 9.05. The van der Waals surface area contributed by atoms with Gasteiger partial charge in [0.15, 0.2) is 0 Å². The predicted octanol–water partition coefficient (Wildman–Crippen LogP) is 2.00. The van der Waals surface area contributed by atoms with E-state index in [1.165, 1.54) is 12.7 Å². The number of carbonyl (C=O) groups excluding carboxylic acids is 2. The fourth-order valence-corrected chi connectivity index (χ4v) is 1.75. The van der Waals surface area contributed by atoms with E-state index in [1.54, 1.807) is 0 Å². The lowest BCUT2D eigenvalue weighted by Gasteiger charge is -2.15. The van der Waals surface area contributed by atoms with Crippen LogP contribution in [0.1, 0.15) is 30.9 Å². The summed E-state index contributed by atoms with van der Waals surface area (Å²) in [5, 5.41) is 2.86. The Bertz CT molecular complexity index is 426. The molecular formula is C15H21NO3. The Morgan fingerprint density at radius 1 is 1.26 bits per heavy atom. The summed E-state index contributed by atoms with van der Waals surface area (Å²) in [6.45, 7) is 3.94. The van der Waals surface area contributed by atoms with Gasteiger partial charge in [-0.25, -0.2) is 0 Å². The molecule has 0 heterocycles. The number of hydrogen-bond donors (Lipinski definition) is 1. The minimum absolute atomic E-state index is 0.0698. The molecule has 1 rings (SSSR count). The van der Waals surface area contributed by atoms with Gasteiger partial charge in [-0.15, -0.1) is 0 Å². The Labute approximate surface area is 114 Å². The molecule has 1 aromatic rings. The zero-order valence-electron chi connectivity index (χ0n) is 11.7. The summed E-state index contributed by atoms with van der Waals surface area (Å²) in [6, 6.07) is 7.68. The summed E-state index contributed by atoms with van der Waals surface area (Å²) in [5.74, 6) is -0.373. The van der Waals surface area contributed by atoms with Gasteiger partial charge in [0.2, 0.25) is 5.91 Å². The lowest BCUT2D eigenvalue weighted by atomic mass is 10.1. The van der Waals surface area contributed by atoms with Crippen LogP contribution in [0.4, 0.5) is 0 Å². The molecule has 0 aliphatic rings. The van der Waals surface area contributed by atoms with Crippen molar-refractivity contribution in [2.75, 3.05) is 7.11 Å². The molecule has 0 saturated carbocycles. The molecule has 1 atom stereocenters. The number of nitrogens with one attached hydrogen (secondary N) is 1. The highest BCUT2D eigenvalue weighted by Crippen LogP contribution is 2.05. The van der Waals surface area contributed by atoms with Gasteiger partial charge in [0, 0.05) is 6.04 Å². The average molecular weight is 263 g/mol. The van der Waals surface area contributed by atoms with Crippen molar-refractivity contribution in [1.29, 1.82) is 0 Å². The van der Waals surface area contributed by atoms with Crippen LogP contribution in [-0.2, 0) is 20.7 Å². The van der Waals surface area contributed by atoms with Crippen LogP contribution in [0.15, 0.2) is 24.3 Å². The molecule has 4 heteroatoms. The number of methoxy groups -OCH3 is 1. The molecule has 0 aliphatic carbocycles. The van der Waals surface area contributed by atoms with Crippen LogP contribution in [0, 0.1) is 6.92 Å². The lowest BCUT2D eigenvalue weighted by molar-refractivity contribution is -0.141. The number of amides is 1. The summed E-state index contributed by atoms with van der Waals surface area (Å²) in [4.78, 5) is 23.1. The number of ether oxygens (including phenoxy) is 1. The molecule has 1 unspecified atom stereocenters. The molecule has 1 aromatic carbocycles. The highest BCUT2D eigenvalue weighted by molar-refractivity contribution is 5.79. The van der Waals surface area contributed by atoms with Gasteiger partial charge < -0.3 is 10.1 Å². The molecular weight excluding hydrogens is 242 g/mol. The van der Waals surface area contributed by atoms with E-state index in [9.17, 15) is 9.59 Å². The van der Waals surface area contributed by atoms with Crippen molar-refractivity contribution in [2.24, 2.45) is 0 Å². The first kappa shape index (κ1) is 15.2. The quantitative estimate of drug-likeness (QED) is 0.799. The lowest BCUT2D eigenvalue weighted by Crippen LogP contribution is -2.37. The smallest absolute Gasteiger partial charge is 0.307 e. The zero-order chi connectivity index (χ0) is 14.3. The van der Waals surface area contributed by atoms with Crippen molar-refractivity contribution in [3.8, 4) is 0 Å². The second kappa shape index (κ2) is 7.56. The van der Waals surface area contributed by atoms with E-state index in [1.807, 2.05) is 38.1 Å². The van der Waals surface area contributed by atoms with Crippen LogP contribution >= 0.6 is 0 Å². The first-order valence-corrected chi connectivity index (χ1v) is 6.46. The van der Waals surface area contributed by atoms with Gasteiger partial charge in [-0.1, -0.05) is 36.8 Å². The van der Waals surface area contributed by atoms with E-state index >= 15 is 0 Å². The Morgan fingerprint density at radius 3 is 2.42 bits per heavy atom. The summed E-state index contributed by atoms with van der Waals surface area (Å²) >= 11 is 0. The Hall–Kier alpha value is -1.84. The number of benzene rings is 1. The second-order valence-electron chi connectivity index (χ2n) is 4.62. The molecule has 19 heavy (non-hydrogen) atoms. The third kappa shape index (κ3) is 5.55. The average Bonchev–Trinajstić information content (AvgIpc) is 2.40. The predicted molar refractivity (Wildman–Crippen MR) is 73.7 cm³/mol. The molecule has 0 aliphatic heterocycles. The zero-order valence-corrected chi connectivity index (χ0v) is 11.7. The molecule has 0 fully saturated rings. The molecule has 1 N–H and O–H groups in total. The van der Waals surface area contributed by atoms with Crippen LogP contribution in [0.3, 0.4) is 0 Å². The Morgan fingerprint density at radius 2 is 1.89 bits per heavy atom. The van der Waals surface area contributed by atoms with Gasteiger partial charge in [0.05, 0.1) is 20.0 Å². The van der Waals surface area contributed by atoms with E-state index in [4.69, 9.17) is 0 Å². The molecule has 0 radical (unpaired) electrons. The van der Waals surface area contributed by atoms with E-state index < -0.39 is 0 Å². The first-order valence-electron chi connectivity index (χ1n) is 6.46. The van der Waals surface area contributed by atoms with Gasteiger partial charge in [0.25, 0.3) is 0 Å². The highest BCUT2D eigenvalue weighted by atomic mass is 16.5. The van der Waals surface area contributed by atoms with Crippen molar-refractivity contribution in [3.05, 3.63) is 35.4 Å². The second-order valence-corrected chi connectivity index (χ2v) is 4.62. The van der Waals surface area contributed by atoms with E-state index in [-0.39, 0.29) is 24.3 Å². The fraction of sp³-hybridized carbons (Fsp3) is 0.467. The molecule has 104 valence electrons. The third-order valence-corrected chi connectivity index (χ3v) is 2.98. The topological polar surface area (TPSA) is 55.4 Å². The molecule has 1 amide bonds. The van der Waals surface area contributed by atoms with Gasteiger partial charge in [-0.3, -0.25) is 9.59 Å². The largest absolute Gasteiger partial charge is 0.469 e. The van der Waals surface area contributed by atoms with Crippen LogP contribution in [-0.4, -0.2) is 25.0 Å². The monoisotopic (exact) mass is 263 g/mol. The van der Waals surface area contributed by atoms with Crippen molar-refractivity contribution in [3.63, 3.8) is 0 Å². The molecule has 4 nitrogen and oxygen atoms in total. The SMILES string of the molecule is CCC(CC(=O)OC)NC(=O)Cc1ccc(C)cc1. The fourth-order valence-electron chi connectivity index (χ4n) is 1.75. The minimum Gasteiger partial charge on any atom is -0.469 e. The normalized spacial score (nSPS) is 11.7. The molecule has 0 saturated heterocycles. The van der Waals surface area contributed by atoms with Crippen LogP contribution in [0.5, 0.6) is 0 Å². The van der Waals surface area contributed by atoms with Gasteiger partial charge in [0.1, 0.15) is 0 Å². The molecule has 0 bridgehead atoms. The maximum atomic E-state index is 11.9. The van der Waals surface area contributed by atoms with E-state index in [2.05, 4.69) is 10.1 Å². The highest BCUT2D eigenvalue weighted by Gasteiger charge is 2.15. The van der Waals surface area contributed by atoms with E-state index in [0.29, 0.717) is 12.8 Å². The number of carbonyl (C=O) groups is 2. The van der Waals surface area contributed by atoms with Gasteiger partial charge in [-0.2, -0.15) is 0 Å². The maximum absolute atomic E-state index is 11.9. The Balaban J connectivity index is 2.49. The third-order valence-electron chi connectivity index (χ3n) is 2.98. The summed E-state index contributed by atoms with van der Waals surface area (Å²) < 4.78 is 4.61. The summed E-state index contributed by atoms with van der Waals surface area (Å²) in [6.07, 6.45) is 1.25. The van der Waals surface area contributed by atoms with Crippen LogP contribution in [0.25, 0.3) is 0 Å². The van der Waals surface area contributed by atoms with Gasteiger partial charge in [-0.05, 0) is 18.9 Å². The van der Waals surface area contributed by atoms with Crippen LogP contribution in [0.2, 0.25) is 0 Å². The molecule has 0 spiro atoms. The number of aryl methyl sites for hydroxylation is 1.